The highest BCUT2D eigenvalue weighted by Gasteiger charge is 2.32. The van der Waals surface area contributed by atoms with Crippen LogP contribution in [0.4, 0.5) is 0 Å². The lowest BCUT2D eigenvalue weighted by molar-refractivity contribution is -0.142. The number of carbonyl (C=O) groups excluding carboxylic acids is 1. The molecule has 7 N–H and O–H groups in total. The summed E-state index contributed by atoms with van der Waals surface area (Å²) < 4.78 is 28.2. The van der Waals surface area contributed by atoms with Crippen molar-refractivity contribution in [1.29, 1.82) is 0 Å². The van der Waals surface area contributed by atoms with Crippen molar-refractivity contribution in [2.75, 3.05) is 13.2 Å². The Balaban J connectivity index is 4.38. The number of phosphoric acid groups is 2. The molecule has 0 saturated heterocycles. The van der Waals surface area contributed by atoms with Crippen molar-refractivity contribution in [3.63, 3.8) is 0 Å². The summed E-state index contributed by atoms with van der Waals surface area (Å²) in [6.45, 7) is -2.33. The van der Waals surface area contributed by atoms with Crippen molar-refractivity contribution in [2.45, 2.75) is 18.3 Å². The van der Waals surface area contributed by atoms with Gasteiger partial charge in [-0.25, -0.2) is 9.13 Å². The zero-order valence-corrected chi connectivity index (χ0v) is 11.5. The predicted octanol–water partition coefficient (Wildman–Crippen LogP) is -3.14. The van der Waals surface area contributed by atoms with Crippen LogP contribution in [0.5, 0.6) is 0 Å². The number of Topliss-reactive ketones (excluding diaryl/α,β-unsaturated/α-hetero) is 1. The van der Waals surface area contributed by atoms with Gasteiger partial charge in [0.1, 0.15) is 24.9 Å². The molecule has 120 valence electrons. The summed E-state index contributed by atoms with van der Waals surface area (Å²) in [4.78, 5) is 44.4. The molecule has 0 aromatic heterocycles. The van der Waals surface area contributed by atoms with Crippen molar-refractivity contribution in [3.8, 4) is 0 Å². The maximum absolute atomic E-state index is 11.2. The van der Waals surface area contributed by atoms with E-state index in [1.165, 1.54) is 0 Å². The number of ketones is 1. The van der Waals surface area contributed by atoms with Crippen LogP contribution in [0.3, 0.4) is 0 Å². The minimum atomic E-state index is -4.95. The SMILES string of the molecule is O=C(COP(=O)(O)O)[C@@H](O)C(O)C(O)COP(=O)(O)O. The van der Waals surface area contributed by atoms with Gasteiger partial charge in [-0.2, -0.15) is 0 Å². The molecule has 0 aliphatic carbocycles. The third kappa shape index (κ3) is 8.84. The Morgan fingerprint density at radius 3 is 1.80 bits per heavy atom. The molecule has 0 aromatic rings. The Kier molecular flexibility index (Phi) is 7.60. The summed E-state index contributed by atoms with van der Waals surface area (Å²) in [6.07, 6.45) is -6.53. The Hall–Kier alpha value is -0.230. The van der Waals surface area contributed by atoms with Crippen LogP contribution in [-0.2, 0) is 23.0 Å². The maximum atomic E-state index is 11.2. The Morgan fingerprint density at radius 2 is 1.40 bits per heavy atom. The smallest absolute Gasteiger partial charge is 0.388 e. The van der Waals surface area contributed by atoms with Gasteiger partial charge in [0, 0.05) is 0 Å². The van der Waals surface area contributed by atoms with Crippen LogP contribution >= 0.6 is 15.6 Å². The Labute approximate surface area is 112 Å². The van der Waals surface area contributed by atoms with Crippen molar-refractivity contribution < 1.29 is 57.9 Å². The van der Waals surface area contributed by atoms with E-state index in [9.17, 15) is 29.2 Å². The molecule has 0 rings (SSSR count). The number of phosphoric ester groups is 2. The highest BCUT2D eigenvalue weighted by molar-refractivity contribution is 7.46. The van der Waals surface area contributed by atoms with Crippen LogP contribution < -0.4 is 0 Å². The Morgan fingerprint density at radius 1 is 0.950 bits per heavy atom. The number of hydrogen-bond acceptors (Lipinski definition) is 8. The average Bonchev–Trinajstić information content (AvgIpc) is 2.29. The summed E-state index contributed by atoms with van der Waals surface area (Å²) in [7, 11) is -9.87. The molecule has 12 nitrogen and oxygen atoms in total. The first-order valence-corrected chi connectivity index (χ1v) is 7.86. The Bertz CT molecular complexity index is 410. The molecule has 0 spiro atoms. The average molecular weight is 340 g/mol. The molecule has 0 radical (unpaired) electrons. The largest absolute Gasteiger partial charge is 0.470 e. The molecular formula is C6H14O12P2. The summed E-state index contributed by atoms with van der Waals surface area (Å²) >= 11 is 0. The van der Waals surface area contributed by atoms with E-state index in [1.807, 2.05) is 0 Å². The second-order valence-corrected chi connectivity index (χ2v) is 6.00. The third-order valence-corrected chi connectivity index (χ3v) is 2.79. The molecule has 0 heterocycles. The van der Waals surface area contributed by atoms with Gasteiger partial charge in [-0.3, -0.25) is 13.8 Å². The highest BCUT2D eigenvalue weighted by atomic mass is 31.2. The van der Waals surface area contributed by atoms with E-state index in [2.05, 4.69) is 9.05 Å². The van der Waals surface area contributed by atoms with Gasteiger partial charge in [0.05, 0.1) is 6.61 Å². The minimum Gasteiger partial charge on any atom is -0.388 e. The second-order valence-electron chi connectivity index (χ2n) is 3.52. The first-order chi connectivity index (χ1) is 8.83. The fraction of sp³-hybridized carbons (Fsp3) is 0.833. The van der Waals surface area contributed by atoms with Crippen molar-refractivity contribution in [3.05, 3.63) is 0 Å². The number of aliphatic hydroxyl groups is 3. The van der Waals surface area contributed by atoms with Gasteiger partial charge in [0.2, 0.25) is 0 Å². The molecule has 20 heavy (non-hydrogen) atoms. The number of aliphatic hydroxyl groups excluding tert-OH is 3. The highest BCUT2D eigenvalue weighted by Crippen LogP contribution is 2.36. The maximum Gasteiger partial charge on any atom is 0.470 e. The number of carbonyl (C=O) groups is 1. The molecule has 0 bridgehead atoms. The summed E-state index contributed by atoms with van der Waals surface area (Å²) in [5, 5.41) is 27.7. The molecule has 0 aromatic carbocycles. The zero-order valence-electron chi connectivity index (χ0n) is 9.71. The van der Waals surface area contributed by atoms with Crippen LogP contribution in [0, 0.1) is 0 Å². The minimum absolute atomic E-state index is 1.09. The van der Waals surface area contributed by atoms with Crippen LogP contribution in [0.2, 0.25) is 0 Å². The zero-order chi connectivity index (χ0) is 16.1. The predicted molar refractivity (Wildman–Crippen MR) is 59.0 cm³/mol. The fourth-order valence-electron chi connectivity index (χ4n) is 0.906. The molecule has 2 unspecified atom stereocenters. The molecular weight excluding hydrogens is 326 g/mol. The standard InChI is InChI=1S/C6H14O12P2/c7-3(1-17-19(11,12)13)5(9)6(10)4(8)2-18-20(14,15)16/h3,5-7,9-10H,1-2H2,(H2,11,12,13)(H2,14,15,16)/t3?,5?,6-/m1/s1. The van der Waals surface area contributed by atoms with Gasteiger partial charge in [0.15, 0.2) is 5.78 Å². The first kappa shape index (κ1) is 19.8. The van der Waals surface area contributed by atoms with Crippen molar-refractivity contribution in [2.24, 2.45) is 0 Å². The molecule has 3 atom stereocenters. The molecule has 14 heteroatoms. The van der Waals surface area contributed by atoms with E-state index >= 15 is 0 Å². The van der Waals surface area contributed by atoms with Crippen molar-refractivity contribution >= 4 is 21.4 Å². The molecule has 0 aliphatic rings. The second kappa shape index (κ2) is 7.69. The van der Waals surface area contributed by atoms with Gasteiger partial charge in [0.25, 0.3) is 0 Å². The molecule has 0 saturated carbocycles. The van der Waals surface area contributed by atoms with E-state index in [0.717, 1.165) is 0 Å². The molecule has 0 fully saturated rings. The number of hydrogen-bond donors (Lipinski definition) is 7. The quantitative estimate of drug-likeness (QED) is 0.207. The third-order valence-electron chi connectivity index (χ3n) is 1.84. The number of rotatable bonds is 9. The van der Waals surface area contributed by atoms with Gasteiger partial charge in [-0.1, -0.05) is 0 Å². The lowest BCUT2D eigenvalue weighted by atomic mass is 10.1. The molecule has 0 aliphatic heterocycles. The molecule has 0 amide bonds. The lowest BCUT2D eigenvalue weighted by Gasteiger charge is -2.22. The van der Waals surface area contributed by atoms with E-state index in [1.54, 1.807) is 0 Å². The van der Waals surface area contributed by atoms with Crippen LogP contribution in [-0.4, -0.2) is 72.2 Å². The van der Waals surface area contributed by atoms with E-state index in [-0.39, 0.29) is 0 Å². The van der Waals surface area contributed by atoms with Crippen LogP contribution in [0.1, 0.15) is 0 Å². The van der Waals surface area contributed by atoms with Gasteiger partial charge in [-0.15, -0.1) is 0 Å². The monoisotopic (exact) mass is 340 g/mol. The lowest BCUT2D eigenvalue weighted by Crippen LogP contribution is -2.45. The van der Waals surface area contributed by atoms with Crippen LogP contribution in [0.25, 0.3) is 0 Å². The normalized spacial score (nSPS) is 17.6. The summed E-state index contributed by atoms with van der Waals surface area (Å²) in [5.41, 5.74) is 0. The topological polar surface area (TPSA) is 211 Å². The van der Waals surface area contributed by atoms with E-state index in [4.69, 9.17) is 19.6 Å². The van der Waals surface area contributed by atoms with Crippen LogP contribution in [0.15, 0.2) is 0 Å². The van der Waals surface area contributed by atoms with E-state index < -0.39 is 53.0 Å². The summed E-state index contributed by atoms with van der Waals surface area (Å²) in [6, 6.07) is 0. The van der Waals surface area contributed by atoms with E-state index in [0.29, 0.717) is 0 Å². The van der Waals surface area contributed by atoms with Gasteiger partial charge in [-0.05, 0) is 0 Å². The first-order valence-electron chi connectivity index (χ1n) is 4.80. The van der Waals surface area contributed by atoms with Gasteiger partial charge < -0.3 is 34.9 Å². The fourth-order valence-corrected chi connectivity index (χ4v) is 1.55. The summed E-state index contributed by atoms with van der Waals surface area (Å²) in [5.74, 6) is -1.36. The van der Waals surface area contributed by atoms with Gasteiger partial charge >= 0.3 is 15.6 Å². The van der Waals surface area contributed by atoms with Crippen molar-refractivity contribution in [1.82, 2.24) is 0 Å².